The largest absolute Gasteiger partial charge is 0.429 e. The van der Waals surface area contributed by atoms with Crippen LogP contribution in [0.3, 0.4) is 0 Å². The fourth-order valence-electron chi connectivity index (χ4n) is 0.566. The van der Waals surface area contributed by atoms with Crippen molar-refractivity contribution in [3.63, 3.8) is 0 Å². The number of ether oxygens (including phenoxy) is 1. The number of carbonyl (C=O) groups excluding carboxylic acids is 1. The summed E-state index contributed by atoms with van der Waals surface area (Å²) in [5, 5.41) is 17.1. The number of hydrogen-bond donors (Lipinski definition) is 2. The third-order valence-electron chi connectivity index (χ3n) is 1.03. The van der Waals surface area contributed by atoms with Crippen LogP contribution in [0.25, 0.3) is 0 Å². The minimum Gasteiger partial charge on any atom is -0.429 e. The smallest absolute Gasteiger partial charge is 0.333 e. The van der Waals surface area contributed by atoms with Crippen molar-refractivity contribution in [3.8, 4) is 0 Å². The van der Waals surface area contributed by atoms with Gasteiger partial charge in [0.25, 0.3) is 0 Å². The van der Waals surface area contributed by atoms with E-state index in [0.29, 0.717) is 0 Å². The Balaban J connectivity index is 2.68. The number of cyclic esters (lactones) is 1. The summed E-state index contributed by atoms with van der Waals surface area (Å²) in [6.07, 6.45) is -0.160. The van der Waals surface area contributed by atoms with Crippen LogP contribution in [0.15, 0.2) is 11.6 Å². The highest BCUT2D eigenvalue weighted by molar-refractivity contribution is 5.85. The van der Waals surface area contributed by atoms with Crippen LogP contribution in [0.4, 0.5) is 0 Å². The van der Waals surface area contributed by atoms with Gasteiger partial charge in [0.2, 0.25) is 6.29 Å². The summed E-state index contributed by atoms with van der Waals surface area (Å²) in [5.74, 6) is -0.605. The van der Waals surface area contributed by atoms with Gasteiger partial charge in [0.15, 0.2) is 0 Å². The molecule has 0 amide bonds. The Morgan fingerprint density at radius 2 is 2.44 bits per heavy atom. The molecule has 0 saturated heterocycles. The third-order valence-corrected chi connectivity index (χ3v) is 1.03. The van der Waals surface area contributed by atoms with Gasteiger partial charge >= 0.3 is 5.97 Å². The summed E-state index contributed by atoms with van der Waals surface area (Å²) in [6, 6.07) is 0. The van der Waals surface area contributed by atoms with Crippen LogP contribution in [-0.2, 0) is 9.53 Å². The van der Waals surface area contributed by atoms with E-state index in [4.69, 9.17) is 10.2 Å². The fourth-order valence-corrected chi connectivity index (χ4v) is 0.566. The van der Waals surface area contributed by atoms with Crippen LogP contribution in [0, 0.1) is 0 Å². The molecule has 0 fully saturated rings. The predicted octanol–water partition coefficient (Wildman–Crippen LogP) is -1.22. The van der Waals surface area contributed by atoms with Crippen LogP contribution in [0.5, 0.6) is 0 Å². The number of rotatable bonds is 1. The molecule has 0 aromatic heterocycles. The van der Waals surface area contributed by atoms with E-state index in [1.165, 1.54) is 0 Å². The second kappa shape index (κ2) is 2.16. The summed E-state index contributed by atoms with van der Waals surface area (Å²) in [4.78, 5) is 10.3. The minimum absolute atomic E-state index is 0.208. The zero-order valence-corrected chi connectivity index (χ0v) is 4.57. The van der Waals surface area contributed by atoms with Crippen LogP contribution in [0.1, 0.15) is 0 Å². The third kappa shape index (κ3) is 1.09. The summed E-state index contributed by atoms with van der Waals surface area (Å²) >= 11 is 0. The van der Waals surface area contributed by atoms with Gasteiger partial charge in [-0.05, 0) is 0 Å². The molecule has 0 spiro atoms. The van der Waals surface area contributed by atoms with Crippen molar-refractivity contribution in [2.45, 2.75) is 6.29 Å². The van der Waals surface area contributed by atoms with Gasteiger partial charge in [0.05, 0.1) is 6.61 Å². The van der Waals surface area contributed by atoms with Crippen LogP contribution in [-0.4, -0.2) is 29.1 Å². The molecule has 2 N–H and O–H groups in total. The van der Waals surface area contributed by atoms with E-state index in [1.807, 2.05) is 0 Å². The van der Waals surface area contributed by atoms with E-state index in [2.05, 4.69) is 4.74 Å². The standard InChI is InChI=1S/C5H6O4/c6-2-3-1-4(7)9-5(3)8/h1,5-6,8H,2H2. The number of aliphatic hydroxyl groups excluding tert-OH is 2. The van der Waals surface area contributed by atoms with E-state index >= 15 is 0 Å². The number of esters is 1. The molecule has 1 atom stereocenters. The average molecular weight is 130 g/mol. The molecule has 1 unspecified atom stereocenters. The Labute approximate surface area is 51.4 Å². The van der Waals surface area contributed by atoms with Gasteiger partial charge in [-0.3, -0.25) is 0 Å². The summed E-state index contributed by atoms with van der Waals surface area (Å²) in [5.41, 5.74) is 0.208. The Hall–Kier alpha value is -0.870. The van der Waals surface area contributed by atoms with E-state index in [0.717, 1.165) is 6.08 Å². The van der Waals surface area contributed by atoms with Crippen molar-refractivity contribution >= 4 is 5.97 Å². The highest BCUT2D eigenvalue weighted by atomic mass is 16.6. The van der Waals surface area contributed by atoms with Gasteiger partial charge in [-0.25, -0.2) is 4.79 Å². The van der Waals surface area contributed by atoms with Gasteiger partial charge in [-0.1, -0.05) is 0 Å². The van der Waals surface area contributed by atoms with Crippen molar-refractivity contribution in [2.75, 3.05) is 6.61 Å². The average Bonchev–Trinajstić information content (AvgIpc) is 2.10. The summed E-state index contributed by atoms with van der Waals surface area (Å²) in [7, 11) is 0. The van der Waals surface area contributed by atoms with E-state index < -0.39 is 12.3 Å². The molecule has 0 aromatic carbocycles. The molecule has 0 aliphatic carbocycles. The first-order valence-corrected chi connectivity index (χ1v) is 2.44. The molecule has 1 heterocycles. The van der Waals surface area contributed by atoms with E-state index in [-0.39, 0.29) is 12.2 Å². The molecule has 50 valence electrons. The zero-order valence-electron chi connectivity index (χ0n) is 4.57. The van der Waals surface area contributed by atoms with Crippen molar-refractivity contribution in [1.82, 2.24) is 0 Å². The van der Waals surface area contributed by atoms with Crippen LogP contribution in [0.2, 0.25) is 0 Å². The first-order valence-electron chi connectivity index (χ1n) is 2.44. The number of aliphatic hydroxyl groups is 2. The first-order chi connectivity index (χ1) is 4.24. The molecule has 0 saturated carbocycles. The topological polar surface area (TPSA) is 66.8 Å². The SMILES string of the molecule is O=C1C=C(CO)C(O)O1. The molecule has 1 rings (SSSR count). The van der Waals surface area contributed by atoms with Crippen molar-refractivity contribution in [1.29, 1.82) is 0 Å². The lowest BCUT2D eigenvalue weighted by atomic mass is 10.3. The maximum Gasteiger partial charge on any atom is 0.333 e. The molecule has 1 aliphatic heterocycles. The molecular formula is C5H6O4. The molecule has 1 aliphatic rings. The summed E-state index contributed by atoms with van der Waals surface area (Å²) in [6.45, 7) is -0.340. The lowest BCUT2D eigenvalue weighted by Crippen LogP contribution is -2.11. The van der Waals surface area contributed by atoms with Gasteiger partial charge in [0, 0.05) is 11.6 Å². The molecule has 0 radical (unpaired) electrons. The maximum absolute atomic E-state index is 10.3. The Kier molecular flexibility index (Phi) is 1.50. The van der Waals surface area contributed by atoms with Gasteiger partial charge in [-0.15, -0.1) is 0 Å². The molecule has 0 bridgehead atoms. The molecular weight excluding hydrogens is 124 g/mol. The van der Waals surface area contributed by atoms with E-state index in [9.17, 15) is 4.79 Å². The van der Waals surface area contributed by atoms with Crippen molar-refractivity contribution < 1.29 is 19.7 Å². The maximum atomic E-state index is 10.3. The monoisotopic (exact) mass is 130 g/mol. The van der Waals surface area contributed by atoms with Crippen molar-refractivity contribution in [3.05, 3.63) is 11.6 Å². The zero-order chi connectivity index (χ0) is 6.85. The van der Waals surface area contributed by atoms with Gasteiger partial charge < -0.3 is 14.9 Å². The van der Waals surface area contributed by atoms with Crippen LogP contribution >= 0.6 is 0 Å². The molecule has 9 heavy (non-hydrogen) atoms. The molecule has 4 nitrogen and oxygen atoms in total. The first kappa shape index (κ1) is 6.25. The molecule has 0 aromatic rings. The van der Waals surface area contributed by atoms with Crippen molar-refractivity contribution in [2.24, 2.45) is 0 Å². The molecule has 4 heteroatoms. The van der Waals surface area contributed by atoms with Gasteiger partial charge in [0.1, 0.15) is 0 Å². The Bertz CT molecular complexity index is 160. The fraction of sp³-hybridized carbons (Fsp3) is 0.400. The van der Waals surface area contributed by atoms with E-state index in [1.54, 1.807) is 0 Å². The minimum atomic E-state index is -1.23. The number of carbonyl (C=O) groups is 1. The highest BCUT2D eigenvalue weighted by Crippen LogP contribution is 2.10. The lowest BCUT2D eigenvalue weighted by Gasteiger charge is -2.02. The lowest BCUT2D eigenvalue weighted by molar-refractivity contribution is -0.151. The highest BCUT2D eigenvalue weighted by Gasteiger charge is 2.22. The van der Waals surface area contributed by atoms with Crippen LogP contribution < -0.4 is 0 Å². The Morgan fingerprint density at radius 1 is 1.78 bits per heavy atom. The second-order valence-electron chi connectivity index (χ2n) is 1.67. The number of hydrogen-bond acceptors (Lipinski definition) is 4. The quantitative estimate of drug-likeness (QED) is 0.436. The van der Waals surface area contributed by atoms with Gasteiger partial charge in [-0.2, -0.15) is 0 Å². The normalized spacial score (nSPS) is 25.8. The second-order valence-corrected chi connectivity index (χ2v) is 1.67. The summed E-state index contributed by atoms with van der Waals surface area (Å²) < 4.78 is 4.23. The Morgan fingerprint density at radius 3 is 2.67 bits per heavy atom. The predicted molar refractivity (Wildman–Crippen MR) is 27.3 cm³/mol.